The first kappa shape index (κ1) is 24.2. The van der Waals surface area contributed by atoms with Crippen LogP contribution in [0.4, 0.5) is 5.82 Å². The molecule has 6 nitrogen and oxygen atoms in total. The molecule has 0 aliphatic carbocycles. The van der Waals surface area contributed by atoms with Crippen molar-refractivity contribution in [1.29, 1.82) is 0 Å². The minimum Gasteiger partial charge on any atom is -0.334 e. The number of nitrogens with one attached hydrogen (secondary N) is 1. The van der Waals surface area contributed by atoms with Gasteiger partial charge in [0.15, 0.2) is 0 Å². The predicted octanol–water partition coefficient (Wildman–Crippen LogP) is 5.45. The van der Waals surface area contributed by atoms with Gasteiger partial charge >= 0.3 is 0 Å². The molecule has 0 radical (unpaired) electrons. The van der Waals surface area contributed by atoms with Crippen LogP contribution in [0.3, 0.4) is 0 Å². The van der Waals surface area contributed by atoms with Crippen LogP contribution in [0.15, 0.2) is 24.3 Å². The third-order valence-electron chi connectivity index (χ3n) is 4.71. The minimum absolute atomic E-state index is 0.00352. The third kappa shape index (κ3) is 6.22. The van der Waals surface area contributed by atoms with Crippen molar-refractivity contribution < 1.29 is 9.59 Å². The highest BCUT2D eigenvalue weighted by atomic mass is 35.5. The molecule has 2 amide bonds. The molecule has 1 N–H and O–H groups in total. The average Bonchev–Trinajstić information content (AvgIpc) is 3.10. The molecule has 1 aromatic heterocycles. The molecule has 30 heavy (non-hydrogen) atoms. The van der Waals surface area contributed by atoms with Gasteiger partial charge in [-0.2, -0.15) is 5.10 Å². The Kier molecular flexibility index (Phi) is 8.33. The van der Waals surface area contributed by atoms with Gasteiger partial charge in [0.05, 0.1) is 28.0 Å². The Balaban J connectivity index is 2.29. The predicted molar refractivity (Wildman–Crippen MR) is 123 cm³/mol. The second-order valence-electron chi connectivity index (χ2n) is 8.23. The lowest BCUT2D eigenvalue weighted by molar-refractivity contribution is -0.134. The van der Waals surface area contributed by atoms with Crippen molar-refractivity contribution in [3.63, 3.8) is 0 Å². The largest absolute Gasteiger partial charge is 0.334 e. The third-order valence-corrected chi connectivity index (χ3v) is 5.45. The van der Waals surface area contributed by atoms with E-state index in [2.05, 4.69) is 10.4 Å². The maximum absolute atomic E-state index is 12.7. The Morgan fingerprint density at radius 1 is 1.13 bits per heavy atom. The molecule has 164 valence electrons. The van der Waals surface area contributed by atoms with E-state index in [-0.39, 0.29) is 23.8 Å². The summed E-state index contributed by atoms with van der Waals surface area (Å²) < 4.78 is 1.63. The quantitative estimate of drug-likeness (QED) is 0.578. The first-order chi connectivity index (χ1) is 14.1. The number of hydrogen-bond acceptors (Lipinski definition) is 3. The van der Waals surface area contributed by atoms with Gasteiger partial charge < -0.3 is 10.2 Å². The maximum Gasteiger partial charge on any atom is 0.245 e. The van der Waals surface area contributed by atoms with Crippen LogP contribution in [0.2, 0.25) is 10.0 Å². The second kappa shape index (κ2) is 10.3. The fourth-order valence-corrected chi connectivity index (χ4v) is 3.16. The zero-order valence-electron chi connectivity index (χ0n) is 18.3. The van der Waals surface area contributed by atoms with Gasteiger partial charge in [0, 0.05) is 24.4 Å². The number of hydrogen-bond donors (Lipinski definition) is 1. The lowest BCUT2D eigenvalue weighted by Gasteiger charge is -2.20. The SMILES string of the molecule is CCCCC(=O)N(CC)CC(=O)Nc1cc(C(C)(C)C)nn1-c1ccc(Cl)c(Cl)c1. The number of carbonyl (C=O) groups excluding carboxylic acids is 2. The zero-order chi connectivity index (χ0) is 22.5. The van der Waals surface area contributed by atoms with Crippen molar-refractivity contribution in [2.75, 3.05) is 18.4 Å². The molecule has 0 saturated carbocycles. The van der Waals surface area contributed by atoms with E-state index in [0.717, 1.165) is 18.5 Å². The number of anilines is 1. The summed E-state index contributed by atoms with van der Waals surface area (Å²) in [6.07, 6.45) is 2.21. The van der Waals surface area contributed by atoms with Gasteiger partial charge in [-0.15, -0.1) is 0 Å². The number of rotatable bonds is 8. The van der Waals surface area contributed by atoms with E-state index in [1.165, 1.54) is 0 Å². The Morgan fingerprint density at radius 2 is 1.83 bits per heavy atom. The van der Waals surface area contributed by atoms with Gasteiger partial charge in [0.1, 0.15) is 5.82 Å². The summed E-state index contributed by atoms with van der Waals surface area (Å²) in [6, 6.07) is 7.02. The van der Waals surface area contributed by atoms with Gasteiger partial charge in [0.2, 0.25) is 11.8 Å². The molecule has 0 fully saturated rings. The van der Waals surface area contributed by atoms with Gasteiger partial charge in [-0.25, -0.2) is 4.68 Å². The summed E-state index contributed by atoms with van der Waals surface area (Å²) >= 11 is 12.2. The molecule has 0 bridgehead atoms. The standard InChI is InChI=1S/C22H30Cl2N4O2/c1-6-8-9-21(30)27(7-2)14-20(29)25-19-13-18(22(3,4)5)26-28(19)15-10-11-16(23)17(24)12-15/h10-13H,6-9,14H2,1-5H3,(H,25,29). The van der Waals surface area contributed by atoms with Gasteiger partial charge in [0.25, 0.3) is 0 Å². The van der Waals surface area contributed by atoms with Gasteiger partial charge in [-0.05, 0) is 31.5 Å². The highest BCUT2D eigenvalue weighted by Gasteiger charge is 2.23. The van der Waals surface area contributed by atoms with E-state index >= 15 is 0 Å². The number of nitrogens with zero attached hydrogens (tertiary/aromatic N) is 3. The molecule has 8 heteroatoms. The zero-order valence-corrected chi connectivity index (χ0v) is 19.8. The van der Waals surface area contributed by atoms with E-state index in [4.69, 9.17) is 23.2 Å². The van der Waals surface area contributed by atoms with Gasteiger partial charge in [-0.1, -0.05) is 57.3 Å². The Hall–Kier alpha value is -2.05. The van der Waals surface area contributed by atoms with Crippen LogP contribution in [-0.4, -0.2) is 39.6 Å². The van der Waals surface area contributed by atoms with Crippen molar-refractivity contribution in [3.05, 3.63) is 40.0 Å². The molecular weight excluding hydrogens is 423 g/mol. The van der Waals surface area contributed by atoms with Crippen LogP contribution in [0.1, 0.15) is 59.6 Å². The van der Waals surface area contributed by atoms with E-state index in [1.54, 1.807) is 27.8 Å². The molecule has 0 saturated heterocycles. The summed E-state index contributed by atoms with van der Waals surface area (Å²) in [4.78, 5) is 26.6. The fourth-order valence-electron chi connectivity index (χ4n) is 2.87. The smallest absolute Gasteiger partial charge is 0.245 e. The molecule has 1 heterocycles. The van der Waals surface area contributed by atoms with Crippen LogP contribution in [0.25, 0.3) is 5.69 Å². The normalized spacial score (nSPS) is 11.4. The Bertz CT molecular complexity index is 903. The van der Waals surface area contributed by atoms with Crippen molar-refractivity contribution in [2.45, 2.75) is 59.3 Å². The maximum atomic E-state index is 12.7. The number of amides is 2. The van der Waals surface area contributed by atoms with Gasteiger partial charge in [-0.3, -0.25) is 9.59 Å². The number of carbonyl (C=O) groups is 2. The van der Waals surface area contributed by atoms with Crippen molar-refractivity contribution in [1.82, 2.24) is 14.7 Å². The van der Waals surface area contributed by atoms with E-state index < -0.39 is 0 Å². The second-order valence-corrected chi connectivity index (χ2v) is 9.05. The van der Waals surface area contributed by atoms with Crippen molar-refractivity contribution in [3.8, 4) is 5.69 Å². The van der Waals surface area contributed by atoms with Crippen LogP contribution >= 0.6 is 23.2 Å². The first-order valence-corrected chi connectivity index (χ1v) is 11.0. The monoisotopic (exact) mass is 452 g/mol. The molecule has 0 unspecified atom stereocenters. The summed E-state index contributed by atoms with van der Waals surface area (Å²) in [7, 11) is 0. The number of halogens is 2. The Morgan fingerprint density at radius 3 is 2.40 bits per heavy atom. The molecule has 0 aliphatic rings. The number of aromatic nitrogens is 2. The highest BCUT2D eigenvalue weighted by Crippen LogP contribution is 2.29. The summed E-state index contributed by atoms with van der Waals surface area (Å²) in [6.45, 7) is 10.5. The lowest BCUT2D eigenvalue weighted by Crippen LogP contribution is -2.38. The number of benzene rings is 1. The number of likely N-dealkylation sites (N-methyl/N-ethyl adjacent to an activating group) is 1. The summed E-state index contributed by atoms with van der Waals surface area (Å²) in [5.41, 5.74) is 1.28. The minimum atomic E-state index is -0.275. The average molecular weight is 453 g/mol. The summed E-state index contributed by atoms with van der Waals surface area (Å²) in [5.74, 6) is 0.228. The van der Waals surface area contributed by atoms with E-state index in [1.807, 2.05) is 40.7 Å². The van der Waals surface area contributed by atoms with Crippen LogP contribution < -0.4 is 5.32 Å². The molecule has 1 aromatic carbocycles. The molecule has 0 spiro atoms. The lowest BCUT2D eigenvalue weighted by atomic mass is 9.92. The molecule has 0 atom stereocenters. The van der Waals surface area contributed by atoms with E-state index in [0.29, 0.717) is 34.5 Å². The first-order valence-electron chi connectivity index (χ1n) is 10.2. The topological polar surface area (TPSA) is 67.2 Å². The van der Waals surface area contributed by atoms with Crippen molar-refractivity contribution in [2.24, 2.45) is 0 Å². The summed E-state index contributed by atoms with van der Waals surface area (Å²) in [5, 5.41) is 8.42. The molecule has 2 rings (SSSR count). The highest BCUT2D eigenvalue weighted by molar-refractivity contribution is 6.42. The Labute approximate surface area is 188 Å². The van der Waals surface area contributed by atoms with Crippen LogP contribution in [0, 0.1) is 0 Å². The molecular formula is C22H30Cl2N4O2. The van der Waals surface area contributed by atoms with Crippen LogP contribution in [0.5, 0.6) is 0 Å². The number of unbranched alkanes of at least 4 members (excludes halogenated alkanes) is 1. The molecule has 0 aliphatic heterocycles. The van der Waals surface area contributed by atoms with E-state index in [9.17, 15) is 9.59 Å². The molecule has 2 aromatic rings. The van der Waals surface area contributed by atoms with Crippen LogP contribution in [-0.2, 0) is 15.0 Å². The van der Waals surface area contributed by atoms with Crippen molar-refractivity contribution >= 4 is 40.8 Å². The fraction of sp³-hybridized carbons (Fsp3) is 0.500.